The van der Waals surface area contributed by atoms with Crippen molar-refractivity contribution in [3.8, 4) is 0 Å². The molecule has 0 radical (unpaired) electrons. The third kappa shape index (κ3) is 7.85. The van der Waals surface area contributed by atoms with Gasteiger partial charge in [-0.05, 0) is 57.0 Å². The molecule has 0 spiro atoms. The third-order valence-electron chi connectivity index (χ3n) is 3.46. The first-order valence-electron chi connectivity index (χ1n) is 7.89. The van der Waals surface area contributed by atoms with E-state index in [0.29, 0.717) is 18.4 Å². The smallest absolute Gasteiger partial charge is 0.251 e. The molecule has 1 aromatic rings. The molecule has 1 unspecified atom stereocenters. The first kappa shape index (κ1) is 21.8. The lowest BCUT2D eigenvalue weighted by Gasteiger charge is -2.13. The van der Waals surface area contributed by atoms with Crippen LogP contribution in [0.5, 0.6) is 0 Å². The molecular formula is C19H29N3O2. The van der Waals surface area contributed by atoms with E-state index in [1.807, 2.05) is 13.8 Å². The topological polar surface area (TPSA) is 88.2 Å². The first-order chi connectivity index (χ1) is 11.5. The number of aromatic nitrogens is 1. The van der Waals surface area contributed by atoms with E-state index in [-0.39, 0.29) is 12.5 Å². The van der Waals surface area contributed by atoms with Crippen LogP contribution in [-0.2, 0) is 0 Å². The molecule has 1 atom stereocenters. The van der Waals surface area contributed by atoms with Crippen molar-refractivity contribution < 1.29 is 9.90 Å². The van der Waals surface area contributed by atoms with Crippen molar-refractivity contribution in [2.75, 3.05) is 13.6 Å². The highest BCUT2D eigenvalue weighted by atomic mass is 16.3. The van der Waals surface area contributed by atoms with Gasteiger partial charge in [0.05, 0.1) is 6.10 Å². The minimum absolute atomic E-state index is 0.202. The lowest BCUT2D eigenvalue weighted by Crippen LogP contribution is -2.32. The van der Waals surface area contributed by atoms with Crippen LogP contribution in [0.1, 0.15) is 35.8 Å². The summed E-state index contributed by atoms with van der Waals surface area (Å²) in [6, 6.07) is 3.37. The van der Waals surface area contributed by atoms with E-state index < -0.39 is 6.10 Å². The molecule has 132 valence electrons. The van der Waals surface area contributed by atoms with Gasteiger partial charge in [0.15, 0.2) is 0 Å². The van der Waals surface area contributed by atoms with E-state index in [0.717, 1.165) is 16.8 Å². The van der Waals surface area contributed by atoms with Gasteiger partial charge < -0.3 is 16.2 Å². The number of aliphatic hydroxyl groups excluding tert-OH is 1. The number of rotatable bonds is 8. The summed E-state index contributed by atoms with van der Waals surface area (Å²) in [6.07, 6.45) is 5.81. The molecule has 4 N–H and O–H groups in total. The predicted octanol–water partition coefficient (Wildman–Crippen LogP) is 2.52. The molecule has 24 heavy (non-hydrogen) atoms. The van der Waals surface area contributed by atoms with Crippen LogP contribution >= 0.6 is 0 Å². The van der Waals surface area contributed by atoms with Gasteiger partial charge in [0, 0.05) is 24.0 Å². The number of hydrogen-bond acceptors (Lipinski definition) is 4. The Labute approximate surface area is 145 Å². The molecule has 0 bridgehead atoms. The van der Waals surface area contributed by atoms with E-state index in [1.165, 1.54) is 7.05 Å². The molecule has 1 rings (SSSR count). The second-order valence-corrected chi connectivity index (χ2v) is 5.20. The summed E-state index contributed by atoms with van der Waals surface area (Å²) in [6.45, 7) is 11.5. The second-order valence-electron chi connectivity index (χ2n) is 5.20. The van der Waals surface area contributed by atoms with E-state index in [1.54, 1.807) is 30.5 Å². The van der Waals surface area contributed by atoms with Crippen molar-refractivity contribution in [1.29, 1.82) is 0 Å². The average Bonchev–Trinajstić information content (AvgIpc) is 2.61. The Kier molecular flexibility index (Phi) is 11.1. The Hall–Kier alpha value is -2.24. The quantitative estimate of drug-likeness (QED) is 0.639. The van der Waals surface area contributed by atoms with Gasteiger partial charge in [-0.3, -0.25) is 9.78 Å². The lowest BCUT2D eigenvalue weighted by atomic mass is 10.0. The minimum Gasteiger partial charge on any atom is -0.391 e. The number of carbonyl (C=O) groups is 1. The minimum atomic E-state index is -0.598. The van der Waals surface area contributed by atoms with Crippen LogP contribution < -0.4 is 11.1 Å². The summed E-state index contributed by atoms with van der Waals surface area (Å²) in [5, 5.41) is 12.7. The van der Waals surface area contributed by atoms with Gasteiger partial charge in [-0.25, -0.2) is 0 Å². The number of pyridine rings is 1. The Bertz CT molecular complexity index is 580. The van der Waals surface area contributed by atoms with Crippen LogP contribution in [0.15, 0.2) is 54.8 Å². The van der Waals surface area contributed by atoms with E-state index >= 15 is 0 Å². The zero-order chi connectivity index (χ0) is 18.5. The first-order valence-corrected chi connectivity index (χ1v) is 7.89. The van der Waals surface area contributed by atoms with Crippen molar-refractivity contribution in [3.05, 3.63) is 66.0 Å². The van der Waals surface area contributed by atoms with Gasteiger partial charge in [-0.2, -0.15) is 0 Å². The summed E-state index contributed by atoms with van der Waals surface area (Å²) >= 11 is 0. The normalized spacial score (nSPS) is 12.2. The molecule has 0 fully saturated rings. The van der Waals surface area contributed by atoms with Crippen LogP contribution in [0.2, 0.25) is 0 Å². The Morgan fingerprint density at radius 2 is 2.08 bits per heavy atom. The highest BCUT2D eigenvalue weighted by Gasteiger charge is 2.10. The molecule has 0 aliphatic heterocycles. The Morgan fingerprint density at radius 3 is 2.62 bits per heavy atom. The SMILES string of the molecule is C=C/C(C)=C(\C=C)CCC(O)CNC(=O)c1ccnc(C)c1.CN. The Balaban J connectivity index is 0.00000254. The number of amides is 1. The molecule has 0 aliphatic carbocycles. The number of hydrogen-bond donors (Lipinski definition) is 3. The fourth-order valence-electron chi connectivity index (χ4n) is 2.01. The van der Waals surface area contributed by atoms with E-state index in [4.69, 9.17) is 0 Å². The number of nitrogens with zero attached hydrogens (tertiary/aromatic N) is 1. The van der Waals surface area contributed by atoms with Gasteiger partial charge in [0.25, 0.3) is 5.91 Å². The summed E-state index contributed by atoms with van der Waals surface area (Å²) in [4.78, 5) is 16.0. The molecule has 1 aromatic heterocycles. The fourth-order valence-corrected chi connectivity index (χ4v) is 2.01. The fraction of sp³-hybridized carbons (Fsp3) is 0.368. The van der Waals surface area contributed by atoms with Crippen LogP contribution in [-0.4, -0.2) is 35.7 Å². The summed E-state index contributed by atoms with van der Waals surface area (Å²) in [5.41, 5.74) is 7.95. The maximum absolute atomic E-state index is 12.0. The predicted molar refractivity (Wildman–Crippen MR) is 99.8 cm³/mol. The third-order valence-corrected chi connectivity index (χ3v) is 3.46. The molecule has 0 saturated heterocycles. The van der Waals surface area contributed by atoms with Crippen LogP contribution in [0.3, 0.4) is 0 Å². The summed E-state index contributed by atoms with van der Waals surface area (Å²) in [7, 11) is 1.50. The van der Waals surface area contributed by atoms with Crippen LogP contribution in [0.4, 0.5) is 0 Å². The molecule has 1 heterocycles. The average molecular weight is 331 g/mol. The number of nitrogens with two attached hydrogens (primary N) is 1. The molecule has 5 nitrogen and oxygen atoms in total. The number of aryl methyl sites for hydroxylation is 1. The number of carbonyl (C=O) groups excluding carboxylic acids is 1. The summed E-state index contributed by atoms with van der Waals surface area (Å²) < 4.78 is 0. The Morgan fingerprint density at radius 1 is 1.42 bits per heavy atom. The van der Waals surface area contributed by atoms with E-state index in [2.05, 4.69) is 29.2 Å². The van der Waals surface area contributed by atoms with Crippen molar-refractivity contribution in [2.24, 2.45) is 5.73 Å². The zero-order valence-electron chi connectivity index (χ0n) is 14.9. The highest BCUT2D eigenvalue weighted by Crippen LogP contribution is 2.14. The number of nitrogens with one attached hydrogen (secondary N) is 1. The maximum Gasteiger partial charge on any atom is 0.251 e. The molecule has 1 amide bonds. The molecule has 0 saturated carbocycles. The number of allylic oxidation sites excluding steroid dienone is 4. The molecule has 5 heteroatoms. The van der Waals surface area contributed by atoms with Crippen molar-refractivity contribution in [1.82, 2.24) is 10.3 Å². The van der Waals surface area contributed by atoms with Crippen molar-refractivity contribution >= 4 is 5.91 Å². The molecular weight excluding hydrogens is 302 g/mol. The molecule has 0 aliphatic rings. The van der Waals surface area contributed by atoms with Crippen molar-refractivity contribution in [3.63, 3.8) is 0 Å². The summed E-state index contributed by atoms with van der Waals surface area (Å²) in [5.74, 6) is -0.202. The standard InChI is InChI=1S/C18H24N2O2.CH5N/c1-5-13(3)15(6-2)7-8-17(21)12-20-18(22)16-9-10-19-14(4)11-16;1-2/h5-6,9-11,17,21H,1-2,7-8,12H2,3-4H3,(H,20,22);2H2,1H3/b15-13+;. The highest BCUT2D eigenvalue weighted by molar-refractivity contribution is 5.94. The van der Waals surface area contributed by atoms with E-state index in [9.17, 15) is 9.90 Å². The monoisotopic (exact) mass is 331 g/mol. The van der Waals surface area contributed by atoms with Crippen LogP contribution in [0, 0.1) is 6.92 Å². The van der Waals surface area contributed by atoms with Gasteiger partial charge in [-0.1, -0.05) is 25.3 Å². The van der Waals surface area contributed by atoms with Crippen molar-refractivity contribution in [2.45, 2.75) is 32.8 Å². The van der Waals surface area contributed by atoms with Gasteiger partial charge in [0.2, 0.25) is 0 Å². The number of aliphatic hydroxyl groups is 1. The van der Waals surface area contributed by atoms with Crippen LogP contribution in [0.25, 0.3) is 0 Å². The van der Waals surface area contributed by atoms with Gasteiger partial charge >= 0.3 is 0 Å². The lowest BCUT2D eigenvalue weighted by molar-refractivity contribution is 0.0911. The zero-order valence-corrected chi connectivity index (χ0v) is 14.9. The largest absolute Gasteiger partial charge is 0.391 e. The molecule has 0 aromatic carbocycles. The second kappa shape index (κ2) is 12.2. The maximum atomic E-state index is 12.0. The van der Waals surface area contributed by atoms with Gasteiger partial charge in [-0.15, -0.1) is 0 Å². The van der Waals surface area contributed by atoms with Gasteiger partial charge in [0.1, 0.15) is 0 Å².